The van der Waals surface area contributed by atoms with E-state index in [9.17, 15) is 23.1 Å². The summed E-state index contributed by atoms with van der Waals surface area (Å²) in [6.07, 6.45) is 0.0967. The number of rotatable bonds is 10. The van der Waals surface area contributed by atoms with Gasteiger partial charge in [0.15, 0.2) is 9.84 Å². The van der Waals surface area contributed by atoms with Crippen molar-refractivity contribution in [3.63, 3.8) is 0 Å². The highest BCUT2D eigenvalue weighted by atomic mass is 32.2. The van der Waals surface area contributed by atoms with Gasteiger partial charge < -0.3 is 19.7 Å². The number of sulfone groups is 1. The number of carbonyl (C=O) groups excluding carboxylic acids is 1. The number of carboxylic acid groups (broad SMARTS) is 1. The van der Waals surface area contributed by atoms with E-state index >= 15 is 0 Å². The lowest BCUT2D eigenvalue weighted by Gasteiger charge is -2.08. The monoisotopic (exact) mass is 422 g/mol. The summed E-state index contributed by atoms with van der Waals surface area (Å²) in [6.45, 7) is 1.80. The van der Waals surface area contributed by atoms with Crippen LogP contribution in [0.15, 0.2) is 47.4 Å². The molecule has 0 radical (unpaired) electrons. The molecule has 0 saturated heterocycles. The minimum absolute atomic E-state index is 0.0297. The van der Waals surface area contributed by atoms with Gasteiger partial charge in [0.1, 0.15) is 17.1 Å². The van der Waals surface area contributed by atoms with Crippen molar-refractivity contribution >= 4 is 21.8 Å². The molecule has 0 unspecified atom stereocenters. The Labute approximate surface area is 168 Å². The Morgan fingerprint density at radius 1 is 1.03 bits per heavy atom. The highest BCUT2D eigenvalue weighted by molar-refractivity contribution is 7.91. The summed E-state index contributed by atoms with van der Waals surface area (Å²) in [5.74, 6) is -2.17. The molecule has 0 saturated carbocycles. The standard InChI is InChI=1S/C20H22O8S/c1-14-3-6-16(7-4-14)29(25,26)12-2-10-28-19(22)9-11-27-15-5-8-17(20(23)24)18(21)13-15/h3-8,13,21H,2,9-12H2,1H3,(H,23,24). The smallest absolute Gasteiger partial charge is 0.339 e. The molecule has 0 aromatic heterocycles. The number of aromatic hydroxyl groups is 1. The summed E-state index contributed by atoms with van der Waals surface area (Å²) in [5, 5.41) is 18.4. The lowest BCUT2D eigenvalue weighted by atomic mass is 10.2. The molecule has 0 spiro atoms. The van der Waals surface area contributed by atoms with Gasteiger partial charge in [-0.15, -0.1) is 0 Å². The molecule has 2 N–H and O–H groups in total. The number of carbonyl (C=O) groups is 2. The van der Waals surface area contributed by atoms with Crippen LogP contribution in [0.25, 0.3) is 0 Å². The summed E-state index contributed by atoms with van der Waals surface area (Å²) < 4.78 is 34.7. The molecule has 0 amide bonds. The third kappa shape index (κ3) is 6.79. The van der Waals surface area contributed by atoms with Crippen LogP contribution in [0.3, 0.4) is 0 Å². The van der Waals surface area contributed by atoms with Crippen molar-refractivity contribution in [3.05, 3.63) is 53.6 Å². The lowest BCUT2D eigenvalue weighted by molar-refractivity contribution is -0.144. The second-order valence-corrected chi connectivity index (χ2v) is 8.40. The van der Waals surface area contributed by atoms with Gasteiger partial charge in [0.2, 0.25) is 0 Å². The van der Waals surface area contributed by atoms with Gasteiger partial charge in [-0.05, 0) is 37.6 Å². The van der Waals surface area contributed by atoms with Gasteiger partial charge in [0.25, 0.3) is 0 Å². The molecule has 0 heterocycles. The van der Waals surface area contributed by atoms with E-state index in [0.29, 0.717) is 0 Å². The quantitative estimate of drug-likeness (QED) is 0.442. The van der Waals surface area contributed by atoms with Crippen LogP contribution in [-0.2, 0) is 19.4 Å². The molecule has 2 rings (SSSR count). The number of ether oxygens (including phenoxy) is 2. The van der Waals surface area contributed by atoms with Gasteiger partial charge in [-0.2, -0.15) is 0 Å². The fourth-order valence-corrected chi connectivity index (χ4v) is 3.69. The zero-order valence-corrected chi connectivity index (χ0v) is 16.6. The molecule has 0 atom stereocenters. The molecule has 9 heteroatoms. The predicted octanol–water partition coefficient (Wildman–Crippen LogP) is 2.57. The topological polar surface area (TPSA) is 127 Å². The molecule has 2 aromatic carbocycles. The Kier molecular flexibility index (Phi) is 7.60. The first-order chi connectivity index (χ1) is 13.7. The SMILES string of the molecule is Cc1ccc(S(=O)(=O)CCCOC(=O)CCOc2ccc(C(=O)O)c(O)c2)cc1. The average Bonchev–Trinajstić information content (AvgIpc) is 2.65. The van der Waals surface area contributed by atoms with Gasteiger partial charge in [-0.25, -0.2) is 13.2 Å². The molecule has 0 aliphatic heterocycles. The van der Waals surface area contributed by atoms with Crippen molar-refractivity contribution in [3.8, 4) is 11.5 Å². The minimum atomic E-state index is -3.42. The molecular formula is C20H22O8S. The summed E-state index contributed by atoms with van der Waals surface area (Å²) in [4.78, 5) is 22.8. The van der Waals surface area contributed by atoms with Gasteiger partial charge in [-0.1, -0.05) is 17.7 Å². The zero-order valence-electron chi connectivity index (χ0n) is 15.8. The van der Waals surface area contributed by atoms with Crippen molar-refractivity contribution in [2.45, 2.75) is 24.7 Å². The Morgan fingerprint density at radius 3 is 2.34 bits per heavy atom. The summed E-state index contributed by atoms with van der Waals surface area (Å²) in [6, 6.07) is 10.3. The van der Waals surface area contributed by atoms with Gasteiger partial charge in [0.05, 0.1) is 30.3 Å². The number of esters is 1. The maximum Gasteiger partial charge on any atom is 0.339 e. The second kappa shape index (κ2) is 9.92. The van der Waals surface area contributed by atoms with Gasteiger partial charge in [0, 0.05) is 6.07 Å². The largest absolute Gasteiger partial charge is 0.507 e. The van der Waals surface area contributed by atoms with E-state index < -0.39 is 27.5 Å². The zero-order chi connectivity index (χ0) is 21.4. The third-order valence-corrected chi connectivity index (χ3v) is 5.79. The molecule has 0 aliphatic carbocycles. The molecule has 0 aliphatic rings. The number of hydrogen-bond donors (Lipinski definition) is 2. The highest BCUT2D eigenvalue weighted by Gasteiger charge is 2.14. The van der Waals surface area contributed by atoms with Crippen molar-refractivity contribution in [2.24, 2.45) is 0 Å². The average molecular weight is 422 g/mol. The van der Waals surface area contributed by atoms with E-state index in [0.717, 1.165) is 11.6 Å². The molecule has 0 fully saturated rings. The van der Waals surface area contributed by atoms with Crippen molar-refractivity contribution in [1.82, 2.24) is 0 Å². The van der Waals surface area contributed by atoms with Crippen LogP contribution in [0.4, 0.5) is 0 Å². The number of benzene rings is 2. The summed E-state index contributed by atoms with van der Waals surface area (Å²) in [7, 11) is -3.42. The molecule has 2 aromatic rings. The molecule has 8 nitrogen and oxygen atoms in total. The van der Waals surface area contributed by atoms with E-state index in [1.165, 1.54) is 12.1 Å². The van der Waals surface area contributed by atoms with Crippen LogP contribution >= 0.6 is 0 Å². The fraction of sp³-hybridized carbons (Fsp3) is 0.300. The number of aromatic carboxylic acids is 1. The minimum Gasteiger partial charge on any atom is -0.507 e. The molecule has 156 valence electrons. The van der Waals surface area contributed by atoms with E-state index in [1.807, 2.05) is 6.92 Å². The summed E-state index contributed by atoms with van der Waals surface area (Å²) >= 11 is 0. The van der Waals surface area contributed by atoms with E-state index in [1.54, 1.807) is 24.3 Å². The van der Waals surface area contributed by atoms with Crippen LogP contribution < -0.4 is 4.74 Å². The van der Waals surface area contributed by atoms with Gasteiger partial charge >= 0.3 is 11.9 Å². The van der Waals surface area contributed by atoms with Crippen LogP contribution in [0.2, 0.25) is 0 Å². The fourth-order valence-electron chi connectivity index (χ4n) is 2.40. The Hall–Kier alpha value is -3.07. The van der Waals surface area contributed by atoms with Crippen molar-refractivity contribution < 1.29 is 37.7 Å². The first-order valence-electron chi connectivity index (χ1n) is 8.83. The number of hydrogen-bond acceptors (Lipinski definition) is 7. The molecular weight excluding hydrogens is 400 g/mol. The Morgan fingerprint density at radius 2 is 1.72 bits per heavy atom. The predicted molar refractivity (Wildman–Crippen MR) is 104 cm³/mol. The number of phenols is 1. The maximum atomic E-state index is 12.2. The first-order valence-corrected chi connectivity index (χ1v) is 10.5. The Bertz CT molecular complexity index is 964. The normalized spacial score (nSPS) is 11.1. The van der Waals surface area contributed by atoms with E-state index in [2.05, 4.69) is 0 Å². The third-order valence-electron chi connectivity index (χ3n) is 3.98. The van der Waals surface area contributed by atoms with Crippen LogP contribution in [0.5, 0.6) is 11.5 Å². The second-order valence-electron chi connectivity index (χ2n) is 6.29. The highest BCUT2D eigenvalue weighted by Crippen LogP contribution is 2.23. The van der Waals surface area contributed by atoms with Crippen LogP contribution in [-0.4, -0.2) is 49.5 Å². The van der Waals surface area contributed by atoms with Crippen molar-refractivity contribution in [2.75, 3.05) is 19.0 Å². The summed E-state index contributed by atoms with van der Waals surface area (Å²) in [5.41, 5.74) is 0.713. The van der Waals surface area contributed by atoms with Crippen LogP contribution in [0.1, 0.15) is 28.8 Å². The van der Waals surface area contributed by atoms with Gasteiger partial charge in [-0.3, -0.25) is 4.79 Å². The van der Waals surface area contributed by atoms with E-state index in [4.69, 9.17) is 14.6 Å². The lowest BCUT2D eigenvalue weighted by Crippen LogP contribution is -2.14. The first kappa shape index (κ1) is 22.2. The van der Waals surface area contributed by atoms with E-state index in [-0.39, 0.29) is 48.0 Å². The molecule has 29 heavy (non-hydrogen) atoms. The van der Waals surface area contributed by atoms with Crippen LogP contribution in [0, 0.1) is 6.92 Å². The number of aryl methyl sites for hydroxylation is 1. The van der Waals surface area contributed by atoms with Crippen molar-refractivity contribution in [1.29, 1.82) is 0 Å². The molecule has 0 bridgehead atoms. The Balaban J connectivity index is 1.69. The maximum absolute atomic E-state index is 12.2. The number of carboxylic acids is 1.